The molecule has 0 radical (unpaired) electrons. The zero-order valence-electron chi connectivity index (χ0n) is 14.0. The molecule has 3 aromatic rings. The monoisotopic (exact) mass is 405 g/mol. The van der Waals surface area contributed by atoms with Gasteiger partial charge in [-0.3, -0.25) is 4.79 Å². The number of carbonyl (C=O) groups excluding carboxylic acids is 1. The number of thiophene rings is 2. The maximum atomic E-state index is 12.5. The second-order valence-corrected chi connectivity index (χ2v) is 10.8. The molecule has 0 bridgehead atoms. The van der Waals surface area contributed by atoms with Gasteiger partial charge in [0.15, 0.2) is 0 Å². The molecule has 0 aliphatic heterocycles. The highest BCUT2D eigenvalue weighted by molar-refractivity contribution is 8.18. The molecule has 1 amide bonds. The first-order valence-electron chi connectivity index (χ1n) is 7.87. The zero-order valence-corrected chi connectivity index (χ0v) is 17.3. The molecule has 1 aromatic carbocycles. The van der Waals surface area contributed by atoms with Crippen molar-refractivity contribution in [3.8, 4) is 0 Å². The van der Waals surface area contributed by atoms with Crippen LogP contribution in [0, 0.1) is 13.8 Å². The van der Waals surface area contributed by atoms with Gasteiger partial charge in [0.25, 0.3) is 0 Å². The minimum absolute atomic E-state index is 0.0568. The van der Waals surface area contributed by atoms with E-state index in [0.29, 0.717) is 6.42 Å². The van der Waals surface area contributed by atoms with Crippen molar-refractivity contribution < 1.29 is 4.79 Å². The summed E-state index contributed by atoms with van der Waals surface area (Å²) in [5, 5.41) is 7.19. The lowest BCUT2D eigenvalue weighted by atomic mass is 10.1. The SMILES string of the molecule is Cc1ccc(NC(=O)CC(Sc2cccs2)Sc2cccs2)cc1C. The van der Waals surface area contributed by atoms with Crippen LogP contribution in [-0.2, 0) is 4.79 Å². The Bertz CT molecular complexity index is 776. The van der Waals surface area contributed by atoms with Crippen LogP contribution in [0.1, 0.15) is 17.5 Å². The minimum atomic E-state index is 0.0568. The molecule has 0 unspecified atom stereocenters. The van der Waals surface area contributed by atoms with Crippen molar-refractivity contribution >= 4 is 57.8 Å². The summed E-state index contributed by atoms with van der Waals surface area (Å²) in [4.78, 5) is 12.5. The van der Waals surface area contributed by atoms with E-state index in [1.165, 1.54) is 19.5 Å². The molecule has 0 aliphatic carbocycles. The van der Waals surface area contributed by atoms with Crippen LogP contribution in [-0.4, -0.2) is 10.5 Å². The van der Waals surface area contributed by atoms with Gasteiger partial charge >= 0.3 is 0 Å². The summed E-state index contributed by atoms with van der Waals surface area (Å²) in [7, 11) is 0. The van der Waals surface area contributed by atoms with Crippen molar-refractivity contribution in [3.05, 3.63) is 64.4 Å². The van der Waals surface area contributed by atoms with E-state index in [4.69, 9.17) is 0 Å². The molecule has 0 saturated carbocycles. The van der Waals surface area contributed by atoms with Crippen molar-refractivity contribution in [2.75, 3.05) is 5.32 Å². The summed E-state index contributed by atoms with van der Waals surface area (Å²) in [6.07, 6.45) is 0.470. The van der Waals surface area contributed by atoms with Gasteiger partial charge in [0, 0.05) is 12.1 Å². The van der Waals surface area contributed by atoms with Crippen LogP contribution in [0.4, 0.5) is 5.69 Å². The summed E-state index contributed by atoms with van der Waals surface area (Å²) in [6, 6.07) is 14.4. The summed E-state index contributed by atoms with van der Waals surface area (Å²) in [6.45, 7) is 4.14. The van der Waals surface area contributed by atoms with Gasteiger partial charge in [-0.15, -0.1) is 46.2 Å². The first kappa shape index (κ1) is 18.6. The van der Waals surface area contributed by atoms with Crippen LogP contribution in [0.2, 0.25) is 0 Å². The molecule has 0 fully saturated rings. The van der Waals surface area contributed by atoms with Crippen LogP contribution in [0.5, 0.6) is 0 Å². The lowest BCUT2D eigenvalue weighted by molar-refractivity contribution is -0.115. The van der Waals surface area contributed by atoms with Gasteiger partial charge in [0.1, 0.15) is 0 Å². The van der Waals surface area contributed by atoms with Gasteiger partial charge in [-0.1, -0.05) is 18.2 Å². The number of amides is 1. The average molecular weight is 406 g/mol. The Balaban J connectivity index is 1.65. The molecular formula is C19H19NOS4. The molecule has 3 rings (SSSR count). The lowest BCUT2D eigenvalue weighted by Crippen LogP contribution is -2.16. The van der Waals surface area contributed by atoms with Crippen molar-refractivity contribution in [1.29, 1.82) is 0 Å². The second kappa shape index (κ2) is 8.94. The molecule has 25 heavy (non-hydrogen) atoms. The van der Waals surface area contributed by atoms with E-state index >= 15 is 0 Å². The summed E-state index contributed by atoms with van der Waals surface area (Å²) < 4.78 is 2.64. The molecule has 130 valence electrons. The Morgan fingerprint density at radius 2 is 1.64 bits per heavy atom. The van der Waals surface area contributed by atoms with E-state index in [2.05, 4.69) is 54.2 Å². The Morgan fingerprint density at radius 3 is 2.16 bits per heavy atom. The minimum Gasteiger partial charge on any atom is -0.326 e. The molecular weight excluding hydrogens is 386 g/mol. The van der Waals surface area contributed by atoms with E-state index in [0.717, 1.165) is 5.69 Å². The third kappa shape index (κ3) is 5.64. The number of hydrogen-bond acceptors (Lipinski definition) is 5. The first-order valence-corrected chi connectivity index (χ1v) is 11.4. The molecule has 0 spiro atoms. The third-order valence-corrected chi connectivity index (χ3v) is 8.28. The molecule has 0 aliphatic rings. The summed E-state index contributed by atoms with van der Waals surface area (Å²) in [5.41, 5.74) is 3.29. The number of nitrogens with one attached hydrogen (secondary N) is 1. The van der Waals surface area contributed by atoms with Gasteiger partial charge < -0.3 is 5.32 Å². The maximum absolute atomic E-state index is 12.5. The number of benzene rings is 1. The predicted octanol–water partition coefficient (Wildman–Crippen LogP) is 6.67. The topological polar surface area (TPSA) is 29.1 Å². The van der Waals surface area contributed by atoms with Crippen LogP contribution in [0.25, 0.3) is 0 Å². The maximum Gasteiger partial charge on any atom is 0.226 e. The average Bonchev–Trinajstić information content (AvgIpc) is 3.25. The normalized spacial score (nSPS) is 11.0. The van der Waals surface area contributed by atoms with Gasteiger partial charge in [0.05, 0.1) is 13.0 Å². The van der Waals surface area contributed by atoms with E-state index in [-0.39, 0.29) is 10.5 Å². The first-order chi connectivity index (χ1) is 12.1. The molecule has 6 heteroatoms. The van der Waals surface area contributed by atoms with Crippen molar-refractivity contribution in [2.24, 2.45) is 0 Å². The molecule has 1 N–H and O–H groups in total. The third-order valence-electron chi connectivity index (χ3n) is 3.63. The largest absolute Gasteiger partial charge is 0.326 e. The fourth-order valence-corrected chi connectivity index (χ4v) is 7.06. The quantitative estimate of drug-likeness (QED) is 0.352. The van der Waals surface area contributed by atoms with Gasteiger partial charge in [-0.2, -0.15) is 0 Å². The number of hydrogen-bond donors (Lipinski definition) is 1. The Hall–Kier alpha value is -1.21. The predicted molar refractivity (Wildman–Crippen MR) is 113 cm³/mol. The number of thioether (sulfide) groups is 2. The zero-order chi connectivity index (χ0) is 17.6. The Labute approximate surface area is 165 Å². The number of anilines is 1. The van der Waals surface area contributed by atoms with E-state index < -0.39 is 0 Å². The lowest BCUT2D eigenvalue weighted by Gasteiger charge is -2.15. The highest BCUT2D eigenvalue weighted by Crippen LogP contribution is 2.40. The molecule has 0 saturated heterocycles. The summed E-state index contributed by atoms with van der Waals surface area (Å²) in [5.74, 6) is 0.0568. The van der Waals surface area contributed by atoms with Gasteiger partial charge in [-0.25, -0.2) is 0 Å². The standard InChI is InChI=1S/C19H19NOS4/c1-13-7-8-15(11-14(13)2)20-16(21)12-19(24-17-5-3-9-22-17)25-18-6-4-10-23-18/h3-11,19H,12H2,1-2H3,(H,20,21). The highest BCUT2D eigenvalue weighted by Gasteiger charge is 2.18. The van der Waals surface area contributed by atoms with Crippen LogP contribution in [0.15, 0.2) is 61.6 Å². The Morgan fingerprint density at radius 1 is 1.00 bits per heavy atom. The highest BCUT2D eigenvalue weighted by atomic mass is 32.2. The molecule has 2 aromatic heterocycles. The van der Waals surface area contributed by atoms with Crippen LogP contribution < -0.4 is 5.32 Å². The number of carbonyl (C=O) groups is 1. The fourth-order valence-electron chi connectivity index (χ4n) is 2.21. The van der Waals surface area contributed by atoms with Crippen molar-refractivity contribution in [1.82, 2.24) is 0 Å². The van der Waals surface area contributed by atoms with Crippen LogP contribution in [0.3, 0.4) is 0 Å². The van der Waals surface area contributed by atoms with Crippen LogP contribution >= 0.6 is 46.2 Å². The van der Waals surface area contributed by atoms with E-state index in [9.17, 15) is 4.79 Å². The van der Waals surface area contributed by atoms with Crippen molar-refractivity contribution in [3.63, 3.8) is 0 Å². The van der Waals surface area contributed by atoms with E-state index in [1.54, 1.807) is 46.2 Å². The number of aryl methyl sites for hydroxylation is 2. The van der Waals surface area contributed by atoms with E-state index in [1.807, 2.05) is 18.2 Å². The molecule has 2 nitrogen and oxygen atoms in total. The summed E-state index contributed by atoms with van der Waals surface area (Å²) >= 11 is 6.97. The fraction of sp³-hybridized carbons (Fsp3) is 0.211. The number of rotatable bonds is 7. The van der Waals surface area contributed by atoms with Crippen molar-refractivity contribution in [2.45, 2.75) is 33.3 Å². The molecule has 0 atom stereocenters. The van der Waals surface area contributed by atoms with Gasteiger partial charge in [0.2, 0.25) is 5.91 Å². The second-order valence-electron chi connectivity index (χ2n) is 5.58. The Kier molecular flexibility index (Phi) is 6.64. The van der Waals surface area contributed by atoms with Gasteiger partial charge in [-0.05, 0) is 60.0 Å². The smallest absolute Gasteiger partial charge is 0.226 e. The molecule has 2 heterocycles.